The van der Waals surface area contributed by atoms with E-state index in [1.807, 2.05) is 36.5 Å². The molecule has 2 aliphatic rings. The summed E-state index contributed by atoms with van der Waals surface area (Å²) >= 11 is 0. The third-order valence-corrected chi connectivity index (χ3v) is 4.52. The summed E-state index contributed by atoms with van der Waals surface area (Å²) in [5.41, 5.74) is 5.50. The van der Waals surface area contributed by atoms with E-state index in [1.165, 1.54) is 10.9 Å². The molecule has 120 valence electrons. The molecule has 3 nitrogen and oxygen atoms in total. The summed E-state index contributed by atoms with van der Waals surface area (Å²) in [4.78, 5) is 4.80. The Morgan fingerprint density at radius 2 is 1.68 bits per heavy atom. The number of para-hydroxylation sites is 1. The normalized spacial score (nSPS) is 11.4. The maximum absolute atomic E-state index is 5.93. The van der Waals surface area contributed by atoms with Gasteiger partial charge in [-0.1, -0.05) is 48.5 Å². The van der Waals surface area contributed by atoms with Gasteiger partial charge in [-0.2, -0.15) is 0 Å². The Hall–Kier alpha value is -3.33. The molecule has 0 bridgehead atoms. The van der Waals surface area contributed by atoms with Crippen LogP contribution in [0.4, 0.5) is 0 Å². The predicted molar refractivity (Wildman–Crippen MR) is 100 cm³/mol. The predicted octanol–water partition coefficient (Wildman–Crippen LogP) is 5.17. The van der Waals surface area contributed by atoms with Crippen molar-refractivity contribution in [3.63, 3.8) is 0 Å². The van der Waals surface area contributed by atoms with Crippen LogP contribution in [0.5, 0.6) is 5.75 Å². The van der Waals surface area contributed by atoms with Crippen LogP contribution in [-0.4, -0.2) is 9.38 Å². The maximum atomic E-state index is 5.93. The SMILES string of the molecule is c1ccc(COc2ccc3c4nc5ccccc5c-4ccn3c2)cc1. The molecule has 0 saturated heterocycles. The minimum absolute atomic E-state index is 0.563. The van der Waals surface area contributed by atoms with Crippen LogP contribution >= 0.6 is 0 Å². The van der Waals surface area contributed by atoms with E-state index in [-0.39, 0.29) is 0 Å². The smallest absolute Gasteiger partial charge is 0.136 e. The van der Waals surface area contributed by atoms with Gasteiger partial charge in [-0.3, -0.25) is 0 Å². The summed E-state index contributed by atoms with van der Waals surface area (Å²) in [6.07, 6.45) is 4.08. The number of fused-ring (bicyclic) bond motifs is 5. The largest absolute Gasteiger partial charge is 0.487 e. The van der Waals surface area contributed by atoms with Crippen molar-refractivity contribution < 1.29 is 4.74 Å². The zero-order valence-corrected chi connectivity index (χ0v) is 13.6. The van der Waals surface area contributed by atoms with Gasteiger partial charge in [0.25, 0.3) is 0 Å². The molecule has 0 aliphatic carbocycles. The van der Waals surface area contributed by atoms with Gasteiger partial charge in [0.15, 0.2) is 0 Å². The topological polar surface area (TPSA) is 26.5 Å². The Morgan fingerprint density at radius 3 is 2.60 bits per heavy atom. The van der Waals surface area contributed by atoms with Gasteiger partial charge in [0, 0.05) is 17.1 Å². The zero-order valence-electron chi connectivity index (χ0n) is 13.6. The van der Waals surface area contributed by atoms with E-state index in [0.717, 1.165) is 28.0 Å². The van der Waals surface area contributed by atoms with Gasteiger partial charge >= 0.3 is 0 Å². The highest BCUT2D eigenvalue weighted by molar-refractivity contribution is 6.01. The Labute approximate surface area is 145 Å². The van der Waals surface area contributed by atoms with E-state index >= 15 is 0 Å². The van der Waals surface area contributed by atoms with Crippen molar-refractivity contribution in [1.29, 1.82) is 0 Å². The molecule has 0 amide bonds. The van der Waals surface area contributed by atoms with Crippen molar-refractivity contribution in [1.82, 2.24) is 9.38 Å². The van der Waals surface area contributed by atoms with Gasteiger partial charge in [-0.05, 0) is 29.8 Å². The average molecular weight is 324 g/mol. The van der Waals surface area contributed by atoms with E-state index in [9.17, 15) is 0 Å². The summed E-state index contributed by atoms with van der Waals surface area (Å²) in [6.45, 7) is 0.563. The second kappa shape index (κ2) is 5.64. The van der Waals surface area contributed by atoms with Crippen molar-refractivity contribution in [3.05, 3.63) is 90.8 Å². The third-order valence-electron chi connectivity index (χ3n) is 4.52. The average Bonchev–Trinajstić information content (AvgIpc) is 3.06. The van der Waals surface area contributed by atoms with Gasteiger partial charge in [0.05, 0.1) is 22.9 Å². The Bertz CT molecular complexity index is 1140. The highest BCUT2D eigenvalue weighted by Crippen LogP contribution is 2.34. The van der Waals surface area contributed by atoms with Crippen LogP contribution in [0.3, 0.4) is 0 Å². The lowest BCUT2D eigenvalue weighted by atomic mass is 10.1. The van der Waals surface area contributed by atoms with Gasteiger partial charge in [0.2, 0.25) is 0 Å². The lowest BCUT2D eigenvalue weighted by Gasteiger charge is -2.10. The van der Waals surface area contributed by atoms with Crippen molar-refractivity contribution in [3.8, 4) is 17.0 Å². The maximum Gasteiger partial charge on any atom is 0.136 e. The lowest BCUT2D eigenvalue weighted by molar-refractivity contribution is 0.304. The van der Waals surface area contributed by atoms with E-state index in [1.54, 1.807) is 0 Å². The first-order valence-corrected chi connectivity index (χ1v) is 8.34. The van der Waals surface area contributed by atoms with Gasteiger partial charge in [-0.15, -0.1) is 0 Å². The molecule has 2 aromatic carbocycles. The minimum atomic E-state index is 0.563. The number of pyridine rings is 2. The zero-order chi connectivity index (χ0) is 16.6. The van der Waals surface area contributed by atoms with Gasteiger partial charge in [0.1, 0.15) is 12.4 Å². The van der Waals surface area contributed by atoms with Gasteiger partial charge in [-0.25, -0.2) is 4.98 Å². The quantitative estimate of drug-likeness (QED) is 0.457. The molecule has 0 N–H and O–H groups in total. The second-order valence-electron chi connectivity index (χ2n) is 6.14. The van der Waals surface area contributed by atoms with Crippen molar-refractivity contribution in [2.75, 3.05) is 0 Å². The Kier molecular flexibility index (Phi) is 3.17. The minimum Gasteiger partial charge on any atom is -0.487 e. The number of hydrogen-bond acceptors (Lipinski definition) is 2. The highest BCUT2D eigenvalue weighted by Gasteiger charge is 2.14. The fourth-order valence-electron chi connectivity index (χ4n) is 3.27. The number of ether oxygens (including phenoxy) is 1. The molecule has 1 aromatic heterocycles. The molecule has 0 radical (unpaired) electrons. The first-order valence-electron chi connectivity index (χ1n) is 8.34. The highest BCUT2D eigenvalue weighted by atomic mass is 16.5. The fourth-order valence-corrected chi connectivity index (χ4v) is 3.27. The van der Waals surface area contributed by atoms with E-state index in [0.29, 0.717) is 6.61 Å². The van der Waals surface area contributed by atoms with Crippen molar-refractivity contribution >= 4 is 16.4 Å². The fraction of sp³-hybridized carbons (Fsp3) is 0.0455. The van der Waals surface area contributed by atoms with E-state index in [4.69, 9.17) is 9.72 Å². The number of aromatic nitrogens is 2. The summed E-state index contributed by atoms with van der Waals surface area (Å²) in [6, 6.07) is 24.7. The molecule has 0 unspecified atom stereocenters. The molecule has 3 heterocycles. The first-order chi connectivity index (χ1) is 12.4. The Morgan fingerprint density at radius 1 is 0.840 bits per heavy atom. The summed E-state index contributed by atoms with van der Waals surface area (Å²) < 4.78 is 8.01. The molecule has 2 aliphatic heterocycles. The van der Waals surface area contributed by atoms with Crippen molar-refractivity contribution in [2.24, 2.45) is 0 Å². The number of rotatable bonds is 3. The lowest BCUT2D eigenvalue weighted by Crippen LogP contribution is -1.98. The summed E-state index contributed by atoms with van der Waals surface area (Å²) in [5.74, 6) is 0.844. The molecule has 3 heteroatoms. The molecule has 0 fully saturated rings. The summed E-state index contributed by atoms with van der Waals surface area (Å²) in [5, 5.41) is 1.20. The van der Waals surface area contributed by atoms with E-state index in [2.05, 4.69) is 53.1 Å². The number of nitrogens with zero attached hydrogens (tertiary/aromatic N) is 2. The van der Waals surface area contributed by atoms with Gasteiger partial charge < -0.3 is 9.14 Å². The molecule has 5 rings (SSSR count). The van der Waals surface area contributed by atoms with Crippen LogP contribution in [0.15, 0.2) is 85.2 Å². The van der Waals surface area contributed by atoms with Crippen LogP contribution in [0.25, 0.3) is 27.7 Å². The third kappa shape index (κ3) is 2.41. The molecule has 0 atom stereocenters. The first kappa shape index (κ1) is 14.1. The van der Waals surface area contributed by atoms with Crippen LogP contribution in [0.2, 0.25) is 0 Å². The van der Waals surface area contributed by atoms with Crippen LogP contribution < -0.4 is 4.74 Å². The standard InChI is InChI=1S/C22H16N2O/c1-2-6-16(7-3-1)15-25-17-10-11-21-22-19(12-13-24(21)14-17)18-8-4-5-9-20(18)23-22/h1-14H,15H2. The van der Waals surface area contributed by atoms with Crippen LogP contribution in [-0.2, 0) is 6.61 Å². The molecule has 3 aromatic rings. The molecular weight excluding hydrogens is 308 g/mol. The Balaban J connectivity index is 1.55. The molecule has 0 spiro atoms. The van der Waals surface area contributed by atoms with Crippen molar-refractivity contribution in [2.45, 2.75) is 6.61 Å². The van der Waals surface area contributed by atoms with Crippen LogP contribution in [0.1, 0.15) is 5.56 Å². The van der Waals surface area contributed by atoms with Crippen LogP contribution in [0, 0.1) is 0 Å². The molecular formula is C22H16N2O. The van der Waals surface area contributed by atoms with E-state index < -0.39 is 0 Å². The summed E-state index contributed by atoms with van der Waals surface area (Å²) in [7, 11) is 0. The molecule has 25 heavy (non-hydrogen) atoms. The number of benzene rings is 2. The monoisotopic (exact) mass is 324 g/mol. The molecule has 0 saturated carbocycles. The second-order valence-corrected chi connectivity index (χ2v) is 6.14. The number of hydrogen-bond donors (Lipinski definition) is 0.